The predicted octanol–water partition coefficient (Wildman–Crippen LogP) is 3.53. The van der Waals surface area contributed by atoms with Gasteiger partial charge in [-0.25, -0.2) is 4.98 Å². The largest absolute Gasteiger partial charge is 0.325 e. The summed E-state index contributed by atoms with van der Waals surface area (Å²) in [6, 6.07) is 21.3. The molecule has 5 rings (SSSR count). The van der Waals surface area contributed by atoms with Crippen LogP contribution in [-0.2, 0) is 4.79 Å². The maximum atomic E-state index is 12.5. The molecule has 0 unspecified atom stereocenters. The topological polar surface area (TPSA) is 92.3 Å². The molecule has 7 heteroatoms. The van der Waals surface area contributed by atoms with Gasteiger partial charge in [-0.1, -0.05) is 36.4 Å². The van der Waals surface area contributed by atoms with Gasteiger partial charge in [-0.2, -0.15) is 0 Å². The molecule has 3 aromatic carbocycles. The number of hydrogen-bond donors (Lipinski definition) is 1. The molecule has 0 aliphatic carbocycles. The lowest BCUT2D eigenvalue weighted by atomic mass is 10.1. The second-order valence-corrected chi connectivity index (χ2v) is 7.11. The van der Waals surface area contributed by atoms with Gasteiger partial charge in [-0.3, -0.25) is 24.3 Å². The second kappa shape index (κ2) is 7.46. The van der Waals surface area contributed by atoms with Gasteiger partial charge in [0.2, 0.25) is 5.91 Å². The predicted molar refractivity (Wildman–Crippen MR) is 115 cm³/mol. The van der Waals surface area contributed by atoms with E-state index in [0.29, 0.717) is 22.5 Å². The lowest BCUT2D eigenvalue weighted by Crippen LogP contribution is -2.37. The van der Waals surface area contributed by atoms with E-state index in [0.717, 1.165) is 21.5 Å². The summed E-state index contributed by atoms with van der Waals surface area (Å²) < 4.78 is 0. The number of nitrogens with one attached hydrogen (secondary N) is 1. The molecule has 1 N–H and O–H groups in total. The summed E-state index contributed by atoms with van der Waals surface area (Å²) in [4.78, 5) is 47.4. The van der Waals surface area contributed by atoms with E-state index in [-0.39, 0.29) is 6.54 Å². The first-order chi connectivity index (χ1) is 15.1. The van der Waals surface area contributed by atoms with Gasteiger partial charge in [0.25, 0.3) is 11.8 Å². The number of aromatic nitrogens is 2. The van der Waals surface area contributed by atoms with Crippen molar-refractivity contribution in [3.63, 3.8) is 0 Å². The second-order valence-electron chi connectivity index (χ2n) is 7.11. The molecule has 0 atom stereocenters. The Morgan fingerprint density at radius 3 is 2.26 bits per heavy atom. The Balaban J connectivity index is 1.33. The monoisotopic (exact) mass is 408 g/mol. The maximum absolute atomic E-state index is 12.5. The van der Waals surface area contributed by atoms with Crippen LogP contribution in [0.3, 0.4) is 0 Å². The third kappa shape index (κ3) is 3.42. The van der Waals surface area contributed by atoms with Crippen LogP contribution < -0.4 is 5.32 Å². The lowest BCUT2D eigenvalue weighted by Gasteiger charge is -2.14. The minimum Gasteiger partial charge on any atom is -0.325 e. The van der Waals surface area contributed by atoms with Gasteiger partial charge in [0.05, 0.1) is 34.1 Å². The Hall–Kier alpha value is -4.39. The van der Waals surface area contributed by atoms with E-state index in [4.69, 9.17) is 0 Å². The van der Waals surface area contributed by atoms with Crippen LogP contribution in [0, 0.1) is 0 Å². The van der Waals surface area contributed by atoms with E-state index in [2.05, 4.69) is 15.3 Å². The number of carbonyl (C=O) groups excluding carboxylic acids is 3. The van der Waals surface area contributed by atoms with E-state index in [9.17, 15) is 14.4 Å². The number of amides is 3. The number of carbonyl (C=O) groups is 3. The number of anilines is 1. The molecule has 31 heavy (non-hydrogen) atoms. The van der Waals surface area contributed by atoms with Gasteiger partial charge in [-0.15, -0.1) is 0 Å². The van der Waals surface area contributed by atoms with Crippen LogP contribution in [0.4, 0.5) is 5.69 Å². The average molecular weight is 408 g/mol. The summed E-state index contributed by atoms with van der Waals surface area (Å²) in [6.07, 6.45) is 1.68. The van der Waals surface area contributed by atoms with Crippen molar-refractivity contribution >= 4 is 34.4 Å². The molecule has 0 saturated carbocycles. The minimum absolute atomic E-state index is 0.317. The fourth-order valence-electron chi connectivity index (χ4n) is 3.58. The van der Waals surface area contributed by atoms with E-state index in [1.807, 2.05) is 30.3 Å². The van der Waals surface area contributed by atoms with Crippen LogP contribution >= 0.6 is 0 Å². The Labute approximate surface area is 177 Å². The van der Waals surface area contributed by atoms with Gasteiger partial charge in [0.15, 0.2) is 0 Å². The van der Waals surface area contributed by atoms with Crippen LogP contribution in [-0.4, -0.2) is 39.1 Å². The van der Waals surface area contributed by atoms with Crippen LogP contribution in [0.15, 0.2) is 79.0 Å². The Kier molecular flexibility index (Phi) is 4.48. The highest BCUT2D eigenvalue weighted by Crippen LogP contribution is 2.24. The summed E-state index contributed by atoms with van der Waals surface area (Å²) in [5, 5.41) is 2.75. The molecule has 4 aromatic rings. The summed E-state index contributed by atoms with van der Waals surface area (Å²) in [5.74, 6) is -1.39. The molecule has 7 nitrogen and oxygen atoms in total. The van der Waals surface area contributed by atoms with Gasteiger partial charge in [0.1, 0.15) is 6.54 Å². The van der Waals surface area contributed by atoms with Crippen LogP contribution in [0.5, 0.6) is 0 Å². The number of nitrogens with zero attached hydrogens (tertiary/aromatic N) is 3. The Morgan fingerprint density at radius 2 is 1.52 bits per heavy atom. The molecule has 0 fully saturated rings. The molecule has 0 radical (unpaired) electrons. The van der Waals surface area contributed by atoms with E-state index >= 15 is 0 Å². The molecule has 1 aliphatic heterocycles. The molecule has 1 aromatic heterocycles. The molecule has 2 heterocycles. The number of imide groups is 1. The van der Waals surface area contributed by atoms with Crippen molar-refractivity contribution < 1.29 is 14.4 Å². The molecule has 0 saturated heterocycles. The van der Waals surface area contributed by atoms with Crippen molar-refractivity contribution in [1.29, 1.82) is 0 Å². The van der Waals surface area contributed by atoms with Crippen molar-refractivity contribution in [2.75, 3.05) is 11.9 Å². The van der Waals surface area contributed by atoms with E-state index in [1.54, 1.807) is 48.7 Å². The van der Waals surface area contributed by atoms with E-state index in [1.165, 1.54) is 0 Å². The Morgan fingerprint density at radius 1 is 0.839 bits per heavy atom. The highest BCUT2D eigenvalue weighted by atomic mass is 16.2. The number of para-hydroxylation sites is 2. The third-order valence-electron chi connectivity index (χ3n) is 5.07. The molecular weight excluding hydrogens is 392 g/mol. The summed E-state index contributed by atoms with van der Waals surface area (Å²) in [6.45, 7) is -0.355. The Bertz CT molecular complexity index is 1330. The zero-order valence-electron chi connectivity index (χ0n) is 16.3. The van der Waals surface area contributed by atoms with Crippen molar-refractivity contribution in [1.82, 2.24) is 14.9 Å². The fraction of sp³-hybridized carbons (Fsp3) is 0.0417. The van der Waals surface area contributed by atoms with Crippen LogP contribution in [0.1, 0.15) is 20.7 Å². The minimum atomic E-state index is -0.462. The van der Waals surface area contributed by atoms with Crippen LogP contribution in [0.25, 0.3) is 22.3 Å². The number of hydrogen-bond acceptors (Lipinski definition) is 5. The van der Waals surface area contributed by atoms with Crippen molar-refractivity contribution in [3.05, 3.63) is 90.1 Å². The average Bonchev–Trinajstić information content (AvgIpc) is 3.04. The molecule has 3 amide bonds. The number of fused-ring (bicyclic) bond motifs is 2. The molecule has 0 spiro atoms. The summed E-state index contributed by atoms with van der Waals surface area (Å²) in [7, 11) is 0. The molecular formula is C24H16N4O3. The van der Waals surface area contributed by atoms with Gasteiger partial charge in [0, 0.05) is 11.3 Å². The standard InChI is InChI=1S/C24H16N4O3/c29-22(14-28-23(30)17-8-1-2-9-18(17)24(28)31)26-16-7-5-6-15(12-16)21-13-25-19-10-3-4-11-20(19)27-21/h1-13H,14H2,(H,26,29). The van der Waals surface area contributed by atoms with Gasteiger partial charge >= 0.3 is 0 Å². The zero-order chi connectivity index (χ0) is 21.4. The van der Waals surface area contributed by atoms with Crippen molar-refractivity contribution in [2.45, 2.75) is 0 Å². The lowest BCUT2D eigenvalue weighted by molar-refractivity contribution is -0.116. The van der Waals surface area contributed by atoms with Crippen molar-refractivity contribution in [2.24, 2.45) is 0 Å². The highest BCUT2D eigenvalue weighted by Gasteiger charge is 2.36. The molecule has 150 valence electrons. The fourth-order valence-corrected chi connectivity index (χ4v) is 3.58. The highest BCUT2D eigenvalue weighted by molar-refractivity contribution is 6.22. The smallest absolute Gasteiger partial charge is 0.262 e. The number of rotatable bonds is 4. The third-order valence-corrected chi connectivity index (χ3v) is 5.07. The van der Waals surface area contributed by atoms with Crippen molar-refractivity contribution in [3.8, 4) is 11.3 Å². The quantitative estimate of drug-likeness (QED) is 0.522. The zero-order valence-corrected chi connectivity index (χ0v) is 16.3. The van der Waals surface area contributed by atoms with Gasteiger partial charge in [-0.05, 0) is 36.4 Å². The number of benzene rings is 3. The van der Waals surface area contributed by atoms with Gasteiger partial charge < -0.3 is 5.32 Å². The first kappa shape index (κ1) is 18.6. The summed E-state index contributed by atoms with van der Waals surface area (Å²) in [5.41, 5.74) is 4.21. The first-order valence-corrected chi connectivity index (χ1v) is 9.67. The molecule has 0 bridgehead atoms. The SMILES string of the molecule is O=C(CN1C(=O)c2ccccc2C1=O)Nc1cccc(-c2cnc3ccccc3n2)c1. The van der Waals surface area contributed by atoms with Crippen LogP contribution in [0.2, 0.25) is 0 Å². The first-order valence-electron chi connectivity index (χ1n) is 9.67. The van der Waals surface area contributed by atoms with E-state index < -0.39 is 17.7 Å². The maximum Gasteiger partial charge on any atom is 0.262 e. The normalized spacial score (nSPS) is 12.8. The summed E-state index contributed by atoms with van der Waals surface area (Å²) >= 11 is 0. The molecule has 1 aliphatic rings.